The summed E-state index contributed by atoms with van der Waals surface area (Å²) in [6.45, 7) is 2.05. The zero-order valence-corrected chi connectivity index (χ0v) is 13.6. The number of aliphatic hydroxyl groups excluding tert-OH is 1. The van der Waals surface area contributed by atoms with Crippen molar-refractivity contribution in [3.8, 4) is 0 Å². The Kier molecular flexibility index (Phi) is 3.64. The fourth-order valence-corrected chi connectivity index (χ4v) is 4.56. The molecule has 1 aromatic heterocycles. The number of aliphatic hydroxyl groups is 1. The average molecular weight is 312 g/mol. The maximum Gasteiger partial charge on any atom is 0.227 e. The Morgan fingerprint density at radius 3 is 2.70 bits per heavy atom. The highest BCUT2D eigenvalue weighted by atomic mass is 16.3. The highest BCUT2D eigenvalue weighted by Crippen LogP contribution is 2.35. The van der Waals surface area contributed by atoms with Gasteiger partial charge in [0.2, 0.25) is 5.91 Å². The van der Waals surface area contributed by atoms with Gasteiger partial charge in [-0.3, -0.25) is 4.79 Å². The Balaban J connectivity index is 1.61. The van der Waals surface area contributed by atoms with E-state index in [0.717, 1.165) is 47.8 Å². The van der Waals surface area contributed by atoms with Gasteiger partial charge in [0.1, 0.15) is 0 Å². The molecule has 122 valence electrons. The Bertz CT molecular complexity index is 722. The number of carbonyl (C=O) groups is 1. The Labute approximate surface area is 136 Å². The second-order valence-corrected chi connectivity index (χ2v) is 7.12. The van der Waals surface area contributed by atoms with Crippen LogP contribution in [0, 0.1) is 6.92 Å². The van der Waals surface area contributed by atoms with Gasteiger partial charge in [0, 0.05) is 28.7 Å². The number of aromatic nitrogens is 1. The van der Waals surface area contributed by atoms with Gasteiger partial charge >= 0.3 is 0 Å². The third-order valence-electron chi connectivity index (χ3n) is 5.59. The van der Waals surface area contributed by atoms with E-state index in [1.807, 2.05) is 19.1 Å². The molecule has 2 aliphatic heterocycles. The number of para-hydroxylation sites is 1. The second kappa shape index (κ2) is 5.68. The molecule has 2 aliphatic rings. The molecule has 0 aliphatic carbocycles. The molecule has 2 aromatic rings. The number of hydrogen-bond acceptors (Lipinski definition) is 2. The van der Waals surface area contributed by atoms with Gasteiger partial charge in [-0.05, 0) is 50.7 Å². The van der Waals surface area contributed by atoms with Gasteiger partial charge in [0.15, 0.2) is 0 Å². The van der Waals surface area contributed by atoms with Crippen LogP contribution in [0.25, 0.3) is 10.9 Å². The Morgan fingerprint density at radius 2 is 1.96 bits per heavy atom. The van der Waals surface area contributed by atoms with Gasteiger partial charge in [0.25, 0.3) is 0 Å². The maximum absolute atomic E-state index is 13.0. The number of piperidine rings is 2. The minimum absolute atomic E-state index is 0.222. The molecular formula is C19H24N2O2. The summed E-state index contributed by atoms with van der Waals surface area (Å²) in [6, 6.07) is 8.64. The van der Waals surface area contributed by atoms with Gasteiger partial charge in [-0.2, -0.15) is 0 Å². The number of rotatable bonds is 2. The third kappa shape index (κ3) is 2.55. The van der Waals surface area contributed by atoms with Gasteiger partial charge < -0.3 is 15.0 Å². The molecular weight excluding hydrogens is 288 g/mol. The van der Waals surface area contributed by atoms with Crippen LogP contribution in [0.15, 0.2) is 24.3 Å². The van der Waals surface area contributed by atoms with Crippen molar-refractivity contribution in [2.45, 2.75) is 63.6 Å². The van der Waals surface area contributed by atoms with Crippen molar-refractivity contribution in [3.05, 3.63) is 35.5 Å². The van der Waals surface area contributed by atoms with Crippen LogP contribution in [0.4, 0.5) is 0 Å². The lowest BCUT2D eigenvalue weighted by molar-refractivity contribution is -0.143. The molecule has 0 saturated carbocycles. The molecule has 1 unspecified atom stereocenters. The molecule has 0 radical (unpaired) electrons. The van der Waals surface area contributed by atoms with Crippen molar-refractivity contribution >= 4 is 16.8 Å². The minimum atomic E-state index is -0.232. The fraction of sp³-hybridized carbons (Fsp3) is 0.526. The van der Waals surface area contributed by atoms with Crippen LogP contribution in [0.1, 0.15) is 43.4 Å². The van der Waals surface area contributed by atoms with E-state index in [4.69, 9.17) is 0 Å². The Morgan fingerprint density at radius 1 is 1.26 bits per heavy atom. The van der Waals surface area contributed by atoms with E-state index in [-0.39, 0.29) is 24.1 Å². The quantitative estimate of drug-likeness (QED) is 0.896. The first-order chi connectivity index (χ1) is 11.1. The topological polar surface area (TPSA) is 56.3 Å². The van der Waals surface area contributed by atoms with E-state index >= 15 is 0 Å². The van der Waals surface area contributed by atoms with Gasteiger partial charge in [-0.1, -0.05) is 18.2 Å². The molecule has 4 rings (SSSR count). The number of nitrogens with one attached hydrogen (secondary N) is 1. The molecule has 0 spiro atoms. The molecule has 3 atom stereocenters. The number of hydrogen-bond donors (Lipinski definition) is 2. The minimum Gasteiger partial charge on any atom is -0.393 e. The molecule has 3 heterocycles. The summed E-state index contributed by atoms with van der Waals surface area (Å²) in [5.74, 6) is 0.222. The monoisotopic (exact) mass is 312 g/mol. The van der Waals surface area contributed by atoms with E-state index in [0.29, 0.717) is 6.42 Å². The van der Waals surface area contributed by atoms with E-state index < -0.39 is 0 Å². The molecule has 4 nitrogen and oxygen atoms in total. The van der Waals surface area contributed by atoms with E-state index in [2.05, 4.69) is 22.0 Å². The third-order valence-corrected chi connectivity index (χ3v) is 5.59. The lowest BCUT2D eigenvalue weighted by Crippen LogP contribution is -2.56. The molecule has 2 bridgehead atoms. The van der Waals surface area contributed by atoms with E-state index in [1.165, 1.54) is 6.42 Å². The summed E-state index contributed by atoms with van der Waals surface area (Å²) in [7, 11) is 0. The first-order valence-electron chi connectivity index (χ1n) is 8.69. The van der Waals surface area contributed by atoms with Crippen LogP contribution >= 0.6 is 0 Å². The van der Waals surface area contributed by atoms with E-state index in [9.17, 15) is 9.90 Å². The summed E-state index contributed by atoms with van der Waals surface area (Å²) in [6.07, 6.45) is 4.96. The lowest BCUT2D eigenvalue weighted by Gasteiger charge is -2.47. The second-order valence-electron chi connectivity index (χ2n) is 7.12. The number of carbonyl (C=O) groups excluding carboxylic acids is 1. The molecule has 2 fully saturated rings. The summed E-state index contributed by atoms with van der Waals surface area (Å²) >= 11 is 0. The summed E-state index contributed by atoms with van der Waals surface area (Å²) in [4.78, 5) is 18.5. The van der Waals surface area contributed by atoms with Crippen LogP contribution in [-0.4, -0.2) is 39.1 Å². The predicted molar refractivity (Wildman–Crippen MR) is 90.3 cm³/mol. The molecule has 2 N–H and O–H groups in total. The van der Waals surface area contributed by atoms with Crippen LogP contribution in [-0.2, 0) is 11.2 Å². The van der Waals surface area contributed by atoms with Gasteiger partial charge in [-0.15, -0.1) is 0 Å². The van der Waals surface area contributed by atoms with Crippen molar-refractivity contribution in [2.24, 2.45) is 0 Å². The van der Waals surface area contributed by atoms with Crippen LogP contribution in [0.3, 0.4) is 0 Å². The van der Waals surface area contributed by atoms with Crippen molar-refractivity contribution in [1.82, 2.24) is 9.88 Å². The van der Waals surface area contributed by atoms with Crippen LogP contribution in [0.2, 0.25) is 0 Å². The predicted octanol–water partition coefficient (Wildman–Crippen LogP) is 2.92. The molecule has 1 aromatic carbocycles. The Hall–Kier alpha value is -1.81. The zero-order valence-electron chi connectivity index (χ0n) is 13.6. The van der Waals surface area contributed by atoms with Gasteiger partial charge in [0.05, 0.1) is 12.5 Å². The van der Waals surface area contributed by atoms with Crippen molar-refractivity contribution < 1.29 is 9.90 Å². The first-order valence-corrected chi connectivity index (χ1v) is 8.69. The number of benzene rings is 1. The number of amides is 1. The number of nitrogens with zero attached hydrogens (tertiary/aromatic N) is 1. The van der Waals surface area contributed by atoms with Crippen LogP contribution in [0.5, 0.6) is 0 Å². The molecule has 23 heavy (non-hydrogen) atoms. The largest absolute Gasteiger partial charge is 0.393 e. The van der Waals surface area contributed by atoms with E-state index in [1.54, 1.807) is 0 Å². The number of aromatic amines is 1. The summed E-state index contributed by atoms with van der Waals surface area (Å²) in [5, 5.41) is 11.2. The smallest absolute Gasteiger partial charge is 0.227 e. The molecule has 2 saturated heterocycles. The number of fused-ring (bicyclic) bond motifs is 3. The normalized spacial score (nSPS) is 27.4. The standard InChI is InChI=1S/C19H24N2O2/c1-12-17(16-7-2-3-8-18(16)20-12)11-19(23)21-13-5-4-6-14(21)10-15(22)9-13/h2-3,7-8,13-15,20,22H,4-6,9-11H2,1H3/t13-,14+,15?. The molecule has 1 amide bonds. The van der Waals surface area contributed by atoms with Crippen molar-refractivity contribution in [3.63, 3.8) is 0 Å². The highest BCUT2D eigenvalue weighted by molar-refractivity contribution is 5.90. The number of aryl methyl sites for hydroxylation is 1. The SMILES string of the molecule is Cc1[nH]c2ccccc2c1CC(=O)N1[C@@H]2CCC[C@H]1CC(O)C2. The number of H-pyrrole nitrogens is 1. The maximum atomic E-state index is 13.0. The highest BCUT2D eigenvalue weighted by Gasteiger charge is 2.40. The lowest BCUT2D eigenvalue weighted by atomic mass is 9.82. The van der Waals surface area contributed by atoms with Crippen molar-refractivity contribution in [1.29, 1.82) is 0 Å². The summed E-state index contributed by atoms with van der Waals surface area (Å²) < 4.78 is 0. The van der Waals surface area contributed by atoms with Crippen LogP contribution < -0.4 is 0 Å². The average Bonchev–Trinajstić information content (AvgIpc) is 2.82. The molecule has 4 heteroatoms. The summed E-state index contributed by atoms with van der Waals surface area (Å²) in [5.41, 5.74) is 3.30. The van der Waals surface area contributed by atoms with Gasteiger partial charge in [-0.25, -0.2) is 0 Å². The zero-order chi connectivity index (χ0) is 16.0. The first kappa shape index (κ1) is 14.8. The van der Waals surface area contributed by atoms with Crippen molar-refractivity contribution in [2.75, 3.05) is 0 Å². The fourth-order valence-electron chi connectivity index (χ4n) is 4.56.